The fourth-order valence-electron chi connectivity index (χ4n) is 3.23. The molecule has 3 rings (SSSR count). The second-order valence-corrected chi connectivity index (χ2v) is 8.13. The maximum atomic E-state index is 12.2. The van der Waals surface area contributed by atoms with Gasteiger partial charge in [-0.25, -0.2) is 9.97 Å². The average Bonchev–Trinajstić information content (AvgIpc) is 2.93. The lowest BCUT2D eigenvalue weighted by atomic mass is 9.96. The summed E-state index contributed by atoms with van der Waals surface area (Å²) in [7, 11) is 1.62. The number of benzene rings is 1. The second kappa shape index (κ2) is 7.19. The van der Waals surface area contributed by atoms with Gasteiger partial charge in [0.05, 0.1) is 5.52 Å². The number of Topliss-reactive ketones (excluding diaryl/α,β-unsaturated/α-hetero) is 1. The summed E-state index contributed by atoms with van der Waals surface area (Å²) in [4.78, 5) is 20.9. The highest BCUT2D eigenvalue weighted by Crippen LogP contribution is 2.31. The van der Waals surface area contributed by atoms with Crippen LogP contribution in [0.5, 0.6) is 0 Å². The Morgan fingerprint density at radius 3 is 2.37 bits per heavy atom. The van der Waals surface area contributed by atoms with Gasteiger partial charge in [0.1, 0.15) is 12.3 Å². The largest absolute Gasteiger partial charge is 0.377 e. The Balaban J connectivity index is 2.15. The van der Waals surface area contributed by atoms with Crippen LogP contribution >= 0.6 is 0 Å². The van der Waals surface area contributed by atoms with E-state index in [9.17, 15) is 4.79 Å². The van der Waals surface area contributed by atoms with E-state index in [1.165, 1.54) is 0 Å². The fraction of sp³-hybridized carbons (Fsp3) is 0.429. The molecule has 0 bridgehead atoms. The molecule has 0 N–H and O–H groups in total. The second-order valence-electron chi connectivity index (χ2n) is 8.13. The Morgan fingerprint density at radius 1 is 1.15 bits per heavy atom. The van der Waals surface area contributed by atoms with E-state index in [1.54, 1.807) is 26.4 Å². The van der Waals surface area contributed by atoms with Crippen molar-refractivity contribution in [1.82, 2.24) is 19.7 Å². The Bertz CT molecular complexity index is 982. The van der Waals surface area contributed by atoms with E-state index in [2.05, 4.69) is 48.8 Å². The van der Waals surface area contributed by atoms with Crippen molar-refractivity contribution in [3.63, 3.8) is 0 Å². The van der Waals surface area contributed by atoms with Crippen molar-refractivity contribution in [2.24, 2.45) is 5.41 Å². The molecule has 27 heavy (non-hydrogen) atoms. The molecule has 0 aliphatic heterocycles. The summed E-state index contributed by atoms with van der Waals surface area (Å²) in [6, 6.07) is 4.11. The number of aryl methyl sites for hydroxylation is 1. The highest BCUT2D eigenvalue weighted by molar-refractivity contribution is 6.06. The Labute approximate surface area is 159 Å². The van der Waals surface area contributed by atoms with E-state index in [-0.39, 0.29) is 11.2 Å². The lowest BCUT2D eigenvalue weighted by Gasteiger charge is -2.19. The number of rotatable bonds is 5. The molecule has 2 heterocycles. The molecule has 0 atom stereocenters. The third kappa shape index (κ3) is 4.06. The predicted octanol–water partition coefficient (Wildman–Crippen LogP) is 4.20. The van der Waals surface area contributed by atoms with Gasteiger partial charge in [-0.2, -0.15) is 5.10 Å². The third-order valence-corrected chi connectivity index (χ3v) is 4.30. The van der Waals surface area contributed by atoms with Crippen LogP contribution in [-0.4, -0.2) is 32.6 Å². The molecule has 6 heteroatoms. The predicted molar refractivity (Wildman–Crippen MR) is 106 cm³/mol. The van der Waals surface area contributed by atoms with E-state index < -0.39 is 0 Å². The molecular weight excluding hydrogens is 340 g/mol. The molecule has 0 amide bonds. The molecule has 0 aliphatic carbocycles. The Morgan fingerprint density at radius 2 is 1.81 bits per heavy atom. The molecule has 3 aromatic rings. The van der Waals surface area contributed by atoms with Gasteiger partial charge >= 0.3 is 0 Å². The highest BCUT2D eigenvalue weighted by Gasteiger charge is 2.21. The van der Waals surface area contributed by atoms with Gasteiger partial charge in [0.2, 0.25) is 0 Å². The lowest BCUT2D eigenvalue weighted by molar-refractivity contribution is 0.101. The van der Waals surface area contributed by atoms with Gasteiger partial charge in [0.25, 0.3) is 0 Å². The molecule has 6 nitrogen and oxygen atoms in total. The molecule has 0 aliphatic rings. The number of carbonyl (C=O) groups is 1. The van der Waals surface area contributed by atoms with Crippen molar-refractivity contribution in [2.75, 3.05) is 7.11 Å². The van der Waals surface area contributed by atoms with Gasteiger partial charge in [-0.15, -0.1) is 0 Å². The van der Waals surface area contributed by atoms with E-state index in [4.69, 9.17) is 4.74 Å². The number of carbonyl (C=O) groups excluding carboxylic acids is 1. The molecular formula is C21H26N4O2. The first-order valence-corrected chi connectivity index (χ1v) is 9.02. The van der Waals surface area contributed by atoms with Gasteiger partial charge in [-0.1, -0.05) is 20.8 Å². The lowest BCUT2D eigenvalue weighted by Crippen LogP contribution is -2.17. The first kappa shape index (κ1) is 19.2. The number of hydrogen-bond donors (Lipinski definition) is 0. The summed E-state index contributed by atoms with van der Waals surface area (Å²) >= 11 is 0. The fourth-order valence-corrected chi connectivity index (χ4v) is 3.23. The molecule has 1 aromatic carbocycles. The normalized spacial score (nSPS) is 11.9. The van der Waals surface area contributed by atoms with Crippen molar-refractivity contribution in [2.45, 2.75) is 47.8 Å². The molecule has 0 unspecified atom stereocenters. The van der Waals surface area contributed by atoms with Crippen LogP contribution in [0.15, 0.2) is 24.5 Å². The first-order chi connectivity index (χ1) is 12.7. The quantitative estimate of drug-likeness (QED) is 0.633. The van der Waals surface area contributed by atoms with Crippen molar-refractivity contribution in [3.8, 4) is 11.1 Å². The van der Waals surface area contributed by atoms with Crippen LogP contribution in [0.2, 0.25) is 0 Å². The smallest absolute Gasteiger partial charge is 0.180 e. The maximum Gasteiger partial charge on any atom is 0.180 e. The van der Waals surface area contributed by atoms with Crippen molar-refractivity contribution in [1.29, 1.82) is 0 Å². The number of aromatic nitrogens is 4. The zero-order valence-corrected chi connectivity index (χ0v) is 16.8. The summed E-state index contributed by atoms with van der Waals surface area (Å²) in [5.74, 6) is 0.609. The molecule has 0 saturated heterocycles. The number of fused-ring (bicyclic) bond motifs is 1. The molecule has 142 valence electrons. The number of ether oxygens (including phenoxy) is 1. The van der Waals surface area contributed by atoms with Crippen molar-refractivity contribution < 1.29 is 9.53 Å². The van der Waals surface area contributed by atoms with Crippen LogP contribution in [0.1, 0.15) is 49.6 Å². The summed E-state index contributed by atoms with van der Waals surface area (Å²) in [6.07, 6.45) is 3.57. The van der Waals surface area contributed by atoms with Crippen LogP contribution in [0, 0.1) is 12.3 Å². The minimum Gasteiger partial charge on any atom is -0.377 e. The number of hydrogen-bond acceptors (Lipinski definition) is 5. The summed E-state index contributed by atoms with van der Waals surface area (Å²) in [5.41, 5.74) is 4.53. The van der Waals surface area contributed by atoms with Crippen LogP contribution in [0.25, 0.3) is 22.0 Å². The topological polar surface area (TPSA) is 69.9 Å². The monoisotopic (exact) mass is 366 g/mol. The molecule has 0 fully saturated rings. The molecule has 0 saturated carbocycles. The van der Waals surface area contributed by atoms with Crippen molar-refractivity contribution in [3.05, 3.63) is 41.6 Å². The van der Waals surface area contributed by atoms with Gasteiger partial charge < -0.3 is 4.74 Å². The molecule has 2 aromatic heterocycles. The van der Waals surface area contributed by atoms with Crippen LogP contribution in [0.3, 0.4) is 0 Å². The number of ketones is 1. The Kier molecular flexibility index (Phi) is 5.11. The van der Waals surface area contributed by atoms with E-state index in [0.717, 1.165) is 34.1 Å². The standard InChI is InChI=1S/C21H26N4O2/c1-13-7-15(16-9-22-18(11-27-6)23-10-16)8-17-19(14(2)26)24-25(20(13)17)12-21(3,4)5/h7-10H,11-12H2,1-6H3. The molecule has 0 spiro atoms. The zero-order valence-electron chi connectivity index (χ0n) is 16.8. The average molecular weight is 366 g/mol. The van der Waals surface area contributed by atoms with Gasteiger partial charge in [-0.3, -0.25) is 9.48 Å². The maximum absolute atomic E-state index is 12.2. The van der Waals surface area contributed by atoms with E-state index in [1.807, 2.05) is 10.7 Å². The molecule has 0 radical (unpaired) electrons. The van der Waals surface area contributed by atoms with Crippen LogP contribution in [0.4, 0.5) is 0 Å². The first-order valence-electron chi connectivity index (χ1n) is 9.02. The van der Waals surface area contributed by atoms with Gasteiger partial charge in [0.15, 0.2) is 11.6 Å². The van der Waals surface area contributed by atoms with Crippen molar-refractivity contribution >= 4 is 16.7 Å². The summed E-state index contributed by atoms with van der Waals surface area (Å²) in [5, 5.41) is 5.51. The summed E-state index contributed by atoms with van der Waals surface area (Å²) in [6.45, 7) is 11.2. The van der Waals surface area contributed by atoms with Crippen LogP contribution < -0.4 is 0 Å². The van der Waals surface area contributed by atoms with E-state index in [0.29, 0.717) is 18.1 Å². The number of methoxy groups -OCH3 is 1. The Hall–Kier alpha value is -2.60. The zero-order chi connectivity index (χ0) is 19.8. The highest BCUT2D eigenvalue weighted by atomic mass is 16.5. The van der Waals surface area contributed by atoms with Gasteiger partial charge in [0, 0.05) is 43.9 Å². The summed E-state index contributed by atoms with van der Waals surface area (Å²) < 4.78 is 7.02. The van der Waals surface area contributed by atoms with Gasteiger partial charge in [-0.05, 0) is 35.6 Å². The minimum absolute atomic E-state index is 0.0316. The number of nitrogens with zero attached hydrogens (tertiary/aromatic N) is 4. The SMILES string of the molecule is COCc1ncc(-c2cc(C)c3c(c2)c(C(C)=O)nn3CC(C)(C)C)cn1. The van der Waals surface area contributed by atoms with E-state index >= 15 is 0 Å². The third-order valence-electron chi connectivity index (χ3n) is 4.30. The van der Waals surface area contributed by atoms with Crippen LogP contribution in [-0.2, 0) is 17.9 Å². The minimum atomic E-state index is -0.0316.